The number of nitriles is 1. The van der Waals surface area contributed by atoms with Crippen LogP contribution in [0.1, 0.15) is 19.8 Å². The van der Waals surface area contributed by atoms with Crippen molar-refractivity contribution in [2.45, 2.75) is 19.8 Å². The number of likely N-dealkylation sites (N-methyl/N-ethyl adjacent to an activating group) is 1. The normalized spacial score (nSPS) is 14.2. The van der Waals surface area contributed by atoms with E-state index in [2.05, 4.69) is 42.4 Å². The van der Waals surface area contributed by atoms with Crippen LogP contribution in [0.3, 0.4) is 0 Å². The molecule has 0 aliphatic carbocycles. The highest BCUT2D eigenvalue weighted by molar-refractivity contribution is 7.64. The van der Waals surface area contributed by atoms with E-state index in [1.54, 1.807) is 0 Å². The molecule has 0 bridgehead atoms. The zero-order chi connectivity index (χ0) is 10.1. The van der Waals surface area contributed by atoms with Crippen molar-refractivity contribution in [3.8, 4) is 5.40 Å². The van der Waals surface area contributed by atoms with Gasteiger partial charge >= 0.3 is 0 Å². The summed E-state index contributed by atoms with van der Waals surface area (Å²) in [5.74, 6) is 0. The molecule has 0 atom stereocenters. The molecule has 0 saturated carbocycles. The Balaban J connectivity index is 0.000000424. The molecule has 0 radical (unpaired) electrons. The number of rotatable bonds is 3. The second-order valence-corrected chi connectivity index (χ2v) is 3.26. The summed E-state index contributed by atoms with van der Waals surface area (Å²) in [6, 6.07) is 0. The van der Waals surface area contributed by atoms with E-state index in [1.807, 2.05) is 0 Å². The Morgan fingerprint density at radius 1 is 1.69 bits per heavy atom. The Bertz CT molecular complexity index is 196. The van der Waals surface area contributed by atoms with Crippen molar-refractivity contribution in [3.05, 3.63) is 0 Å². The molecule has 0 aromatic rings. The molecule has 1 heterocycles. The average Bonchev–Trinajstić information content (AvgIpc) is 2.49. The molecule has 0 N–H and O–H groups in total. The van der Waals surface area contributed by atoms with Crippen LogP contribution in [-0.2, 0) is 12.6 Å². The molecule has 13 heavy (non-hydrogen) atoms. The van der Waals surface area contributed by atoms with Crippen LogP contribution < -0.4 is 0 Å². The first-order valence-corrected chi connectivity index (χ1v) is 4.96. The van der Waals surface area contributed by atoms with Gasteiger partial charge in [0.15, 0.2) is 0 Å². The highest BCUT2D eigenvalue weighted by Gasteiger charge is 2.14. The lowest BCUT2D eigenvalue weighted by Gasteiger charge is -2.03. The van der Waals surface area contributed by atoms with Gasteiger partial charge in [-0.3, -0.25) is 9.48 Å². The van der Waals surface area contributed by atoms with Gasteiger partial charge in [-0.25, -0.2) is 5.26 Å². The predicted octanol–water partition coefficient (Wildman–Crippen LogP) is 0.787. The van der Waals surface area contributed by atoms with Gasteiger partial charge in [-0.1, -0.05) is 18.7 Å². The maximum atomic E-state index is 7.13. The second kappa shape index (κ2) is 7.81. The number of thiocyanates is 1. The van der Waals surface area contributed by atoms with Gasteiger partial charge in [-0.15, -0.1) is 0 Å². The molecule has 4 heteroatoms. The topological polar surface area (TPSA) is 30.0 Å². The Kier molecular flexibility index (Phi) is 7.32. The van der Waals surface area contributed by atoms with E-state index >= 15 is 0 Å². The van der Waals surface area contributed by atoms with Gasteiger partial charge in [-0.05, 0) is 6.42 Å². The number of nitrogens with zero attached hydrogens (tertiary/aromatic N) is 3. The fourth-order valence-corrected chi connectivity index (χ4v) is 1.21. The van der Waals surface area contributed by atoms with Crippen LogP contribution in [0.25, 0.3) is 0 Å². The molecule has 1 aliphatic heterocycles. The quantitative estimate of drug-likeness (QED) is 0.382. The van der Waals surface area contributed by atoms with E-state index in [9.17, 15) is 0 Å². The van der Waals surface area contributed by atoms with E-state index < -0.39 is 0 Å². The summed E-state index contributed by atoms with van der Waals surface area (Å²) < 4.78 is 2.25. The third kappa shape index (κ3) is 6.35. The van der Waals surface area contributed by atoms with Crippen molar-refractivity contribution in [2.75, 3.05) is 26.7 Å². The zero-order valence-corrected chi connectivity index (χ0v) is 9.18. The fourth-order valence-electron chi connectivity index (χ4n) is 1.21. The summed E-state index contributed by atoms with van der Waals surface area (Å²) in [6.45, 7) is 5.89. The summed E-state index contributed by atoms with van der Waals surface area (Å²) in [5.41, 5.74) is 0. The minimum atomic E-state index is 1.20. The molecule has 0 spiro atoms. The van der Waals surface area contributed by atoms with Gasteiger partial charge in [0, 0.05) is 0 Å². The molecule has 0 fully saturated rings. The maximum absolute atomic E-state index is 7.13. The molecular formula is C9H17N3S. The van der Waals surface area contributed by atoms with Crippen molar-refractivity contribution in [1.29, 1.82) is 5.26 Å². The Morgan fingerprint density at radius 2 is 2.31 bits per heavy atom. The summed E-state index contributed by atoms with van der Waals surface area (Å²) in [5, 5.41) is 8.47. The molecule has 0 unspecified atom stereocenters. The molecule has 0 saturated heterocycles. The van der Waals surface area contributed by atoms with Crippen molar-refractivity contribution in [1.82, 2.24) is 4.90 Å². The molecule has 74 valence electrons. The highest BCUT2D eigenvalue weighted by Crippen LogP contribution is 1.95. The zero-order valence-electron chi connectivity index (χ0n) is 8.36. The van der Waals surface area contributed by atoms with Crippen molar-refractivity contribution < 1.29 is 4.58 Å². The third-order valence-corrected chi connectivity index (χ3v) is 1.90. The SMILES string of the molecule is CCCCN1C=[N+](C)CC1.N#C[S-]. The molecular weight excluding hydrogens is 182 g/mol. The number of hydrogen-bond donors (Lipinski definition) is 0. The van der Waals surface area contributed by atoms with Crippen LogP contribution in [0.15, 0.2) is 0 Å². The largest absolute Gasteiger partial charge is 0.696 e. The van der Waals surface area contributed by atoms with E-state index in [0.29, 0.717) is 0 Å². The first kappa shape index (κ1) is 12.2. The van der Waals surface area contributed by atoms with Crippen molar-refractivity contribution in [3.63, 3.8) is 0 Å². The van der Waals surface area contributed by atoms with E-state index in [0.717, 1.165) is 0 Å². The molecule has 0 amide bonds. The van der Waals surface area contributed by atoms with E-state index in [4.69, 9.17) is 5.26 Å². The molecule has 3 nitrogen and oxygen atoms in total. The lowest BCUT2D eigenvalue weighted by atomic mass is 10.3. The van der Waals surface area contributed by atoms with E-state index in [1.165, 1.54) is 37.9 Å². The summed E-state index contributed by atoms with van der Waals surface area (Å²) >= 11 is 3.70. The van der Waals surface area contributed by atoms with Gasteiger partial charge < -0.3 is 12.6 Å². The van der Waals surface area contributed by atoms with Crippen LogP contribution in [0.2, 0.25) is 0 Å². The third-order valence-electron chi connectivity index (χ3n) is 1.90. The Labute approximate surface area is 86.1 Å². The van der Waals surface area contributed by atoms with E-state index in [-0.39, 0.29) is 0 Å². The lowest BCUT2D eigenvalue weighted by Crippen LogP contribution is -2.20. The fraction of sp³-hybridized carbons (Fsp3) is 0.778. The van der Waals surface area contributed by atoms with Crippen LogP contribution >= 0.6 is 0 Å². The van der Waals surface area contributed by atoms with Crippen LogP contribution in [0.4, 0.5) is 0 Å². The first-order valence-electron chi connectivity index (χ1n) is 4.55. The lowest BCUT2D eigenvalue weighted by molar-refractivity contribution is -0.482. The number of hydrogen-bond acceptors (Lipinski definition) is 3. The van der Waals surface area contributed by atoms with Gasteiger partial charge in [-0.2, -0.15) is 0 Å². The average molecular weight is 199 g/mol. The van der Waals surface area contributed by atoms with Gasteiger partial charge in [0.05, 0.1) is 13.6 Å². The summed E-state index contributed by atoms with van der Waals surface area (Å²) in [4.78, 5) is 2.39. The standard InChI is InChI=1S/C8H17N2.CHNS/c1-3-4-5-10-7-6-9(2)8-10;2-1-3/h8H,3-7H2,1-2H3;3H/q+1;/p-1. The first-order chi connectivity index (χ1) is 6.24. The van der Waals surface area contributed by atoms with Crippen molar-refractivity contribution in [2.24, 2.45) is 0 Å². The van der Waals surface area contributed by atoms with Gasteiger partial charge in [0.1, 0.15) is 13.1 Å². The summed E-state index contributed by atoms with van der Waals surface area (Å²) in [6.07, 6.45) is 4.84. The summed E-state index contributed by atoms with van der Waals surface area (Å²) in [7, 11) is 2.13. The number of unbranched alkanes of at least 4 members (excludes halogenated alkanes) is 1. The Hall–Kier alpha value is -0.820. The maximum Gasteiger partial charge on any atom is 0.234 e. The van der Waals surface area contributed by atoms with Crippen LogP contribution in [-0.4, -0.2) is 42.5 Å². The smallest absolute Gasteiger partial charge is 0.234 e. The second-order valence-electron chi connectivity index (χ2n) is 3.08. The van der Waals surface area contributed by atoms with Crippen molar-refractivity contribution >= 4 is 19.0 Å². The Morgan fingerprint density at radius 3 is 2.69 bits per heavy atom. The molecule has 1 rings (SSSR count). The molecule has 1 aliphatic rings. The molecule has 0 aromatic heterocycles. The van der Waals surface area contributed by atoms with Gasteiger partial charge in [0.2, 0.25) is 6.34 Å². The minimum Gasteiger partial charge on any atom is -0.696 e. The van der Waals surface area contributed by atoms with Crippen LogP contribution in [0, 0.1) is 10.7 Å². The predicted molar refractivity (Wildman–Crippen MR) is 56.6 cm³/mol. The monoisotopic (exact) mass is 199 g/mol. The molecule has 0 aromatic carbocycles. The van der Waals surface area contributed by atoms with Gasteiger partial charge in [0.25, 0.3) is 0 Å². The minimum absolute atomic E-state index is 1.20. The highest BCUT2D eigenvalue weighted by atomic mass is 32.1. The van der Waals surface area contributed by atoms with Crippen LogP contribution in [0.5, 0.6) is 0 Å².